The Morgan fingerprint density at radius 3 is 2.81 bits per heavy atom. The average Bonchev–Trinajstić information content (AvgIpc) is 3.10. The van der Waals surface area contributed by atoms with Gasteiger partial charge in [0.1, 0.15) is 0 Å². The summed E-state index contributed by atoms with van der Waals surface area (Å²) < 4.78 is 0. The SMILES string of the molecule is CC(=O)N(Cc1ccsc1)[C@H]1CC12CCN(C(=O)Nc1cccnc1)CC2. The quantitative estimate of drug-likeness (QED) is 0.876. The van der Waals surface area contributed by atoms with Gasteiger partial charge in [0.25, 0.3) is 0 Å². The molecule has 142 valence electrons. The topological polar surface area (TPSA) is 65.5 Å². The molecule has 2 aromatic heterocycles. The molecule has 1 N–H and O–H groups in total. The fourth-order valence-corrected chi connectivity index (χ4v) is 4.78. The van der Waals surface area contributed by atoms with Crippen LogP contribution in [0.25, 0.3) is 0 Å². The minimum Gasteiger partial charge on any atom is -0.335 e. The number of amides is 3. The van der Waals surface area contributed by atoms with Crippen LogP contribution in [0.1, 0.15) is 31.7 Å². The zero-order chi connectivity index (χ0) is 18.9. The number of likely N-dealkylation sites (tertiary alicyclic amines) is 1. The Kier molecular flexibility index (Phi) is 4.86. The van der Waals surface area contributed by atoms with E-state index in [2.05, 4.69) is 27.1 Å². The molecule has 0 aromatic carbocycles. The van der Waals surface area contributed by atoms with Crippen LogP contribution in [0.2, 0.25) is 0 Å². The van der Waals surface area contributed by atoms with Crippen molar-refractivity contribution in [1.29, 1.82) is 0 Å². The minimum atomic E-state index is -0.0725. The molecule has 1 aliphatic carbocycles. The Morgan fingerprint density at radius 2 is 2.19 bits per heavy atom. The molecule has 6 nitrogen and oxygen atoms in total. The normalized spacial score (nSPS) is 20.3. The first-order chi connectivity index (χ1) is 13.1. The van der Waals surface area contributed by atoms with Crippen LogP contribution >= 0.6 is 11.3 Å². The molecule has 0 bridgehead atoms. The highest BCUT2D eigenvalue weighted by atomic mass is 32.1. The van der Waals surface area contributed by atoms with Crippen molar-refractivity contribution in [2.75, 3.05) is 18.4 Å². The van der Waals surface area contributed by atoms with Gasteiger partial charge in [-0.3, -0.25) is 9.78 Å². The van der Waals surface area contributed by atoms with E-state index in [1.54, 1.807) is 36.7 Å². The molecule has 3 heterocycles. The van der Waals surface area contributed by atoms with Crippen molar-refractivity contribution < 1.29 is 9.59 Å². The summed E-state index contributed by atoms with van der Waals surface area (Å²) in [5, 5.41) is 7.06. The van der Waals surface area contributed by atoms with Crippen LogP contribution in [0, 0.1) is 5.41 Å². The van der Waals surface area contributed by atoms with E-state index in [1.165, 1.54) is 5.56 Å². The molecule has 2 fully saturated rings. The highest BCUT2D eigenvalue weighted by Crippen LogP contribution is 2.57. The number of carbonyl (C=O) groups is 2. The third-order valence-corrected chi connectivity index (χ3v) is 6.55. The summed E-state index contributed by atoms with van der Waals surface area (Å²) in [5.74, 6) is 0.139. The number of pyridine rings is 1. The number of urea groups is 1. The highest BCUT2D eigenvalue weighted by molar-refractivity contribution is 7.07. The van der Waals surface area contributed by atoms with Gasteiger partial charge in [0, 0.05) is 38.8 Å². The van der Waals surface area contributed by atoms with Crippen molar-refractivity contribution in [2.24, 2.45) is 5.41 Å². The number of nitrogens with one attached hydrogen (secondary N) is 1. The maximum Gasteiger partial charge on any atom is 0.321 e. The van der Waals surface area contributed by atoms with Crippen molar-refractivity contribution in [3.05, 3.63) is 46.9 Å². The van der Waals surface area contributed by atoms with Crippen molar-refractivity contribution in [2.45, 2.75) is 38.8 Å². The molecule has 0 radical (unpaired) electrons. The highest BCUT2D eigenvalue weighted by Gasteiger charge is 2.58. The lowest BCUT2D eigenvalue weighted by atomic mass is 9.92. The number of rotatable bonds is 4. The van der Waals surface area contributed by atoms with E-state index in [-0.39, 0.29) is 17.4 Å². The van der Waals surface area contributed by atoms with Crippen molar-refractivity contribution in [3.8, 4) is 0 Å². The maximum absolute atomic E-state index is 12.5. The molecule has 1 saturated carbocycles. The van der Waals surface area contributed by atoms with Gasteiger partial charge in [0.05, 0.1) is 11.9 Å². The summed E-state index contributed by atoms with van der Waals surface area (Å²) in [6, 6.07) is 5.96. The lowest BCUT2D eigenvalue weighted by Gasteiger charge is -2.34. The number of piperidine rings is 1. The molecule has 0 unspecified atom stereocenters. The summed E-state index contributed by atoms with van der Waals surface area (Å²) in [6.07, 6.45) is 6.28. The molecule has 4 rings (SSSR count). The molecule has 27 heavy (non-hydrogen) atoms. The minimum absolute atomic E-state index is 0.0725. The van der Waals surface area contributed by atoms with Crippen molar-refractivity contribution in [1.82, 2.24) is 14.8 Å². The van der Waals surface area contributed by atoms with Gasteiger partial charge in [0.2, 0.25) is 5.91 Å². The molecular formula is C20H24N4O2S. The van der Waals surface area contributed by atoms with Gasteiger partial charge >= 0.3 is 6.03 Å². The number of carbonyl (C=O) groups excluding carboxylic acids is 2. The lowest BCUT2D eigenvalue weighted by molar-refractivity contribution is -0.130. The van der Waals surface area contributed by atoms with Gasteiger partial charge in [-0.05, 0) is 59.2 Å². The first-order valence-corrected chi connectivity index (χ1v) is 10.3. The maximum atomic E-state index is 12.5. The van der Waals surface area contributed by atoms with Crippen molar-refractivity contribution >= 4 is 29.0 Å². The first kappa shape index (κ1) is 18.0. The summed E-state index contributed by atoms with van der Waals surface area (Å²) >= 11 is 1.66. The Labute approximate surface area is 163 Å². The Balaban J connectivity index is 1.33. The van der Waals surface area contributed by atoms with Crippen LogP contribution in [-0.2, 0) is 11.3 Å². The predicted molar refractivity (Wildman–Crippen MR) is 105 cm³/mol. The number of thiophene rings is 1. The van der Waals surface area contributed by atoms with E-state index >= 15 is 0 Å². The number of anilines is 1. The molecule has 2 aromatic rings. The van der Waals surface area contributed by atoms with E-state index < -0.39 is 0 Å². The molecule has 1 saturated heterocycles. The third-order valence-electron chi connectivity index (χ3n) is 5.82. The molecule has 1 aliphatic heterocycles. The van der Waals surface area contributed by atoms with Gasteiger partial charge in [-0.2, -0.15) is 11.3 Å². The van der Waals surface area contributed by atoms with E-state index in [1.807, 2.05) is 15.9 Å². The van der Waals surface area contributed by atoms with Gasteiger partial charge in [-0.15, -0.1) is 0 Å². The van der Waals surface area contributed by atoms with Gasteiger partial charge in [-0.1, -0.05) is 0 Å². The average molecular weight is 385 g/mol. The number of hydrogen-bond acceptors (Lipinski definition) is 4. The summed E-state index contributed by atoms with van der Waals surface area (Å²) in [5.41, 5.74) is 2.10. The number of hydrogen-bond donors (Lipinski definition) is 1. The van der Waals surface area contributed by atoms with Gasteiger partial charge in [0.15, 0.2) is 0 Å². The third kappa shape index (κ3) is 3.83. The Morgan fingerprint density at radius 1 is 1.37 bits per heavy atom. The fourth-order valence-electron chi connectivity index (χ4n) is 4.12. The van der Waals surface area contributed by atoms with E-state index in [0.29, 0.717) is 18.3 Å². The van der Waals surface area contributed by atoms with Crippen LogP contribution in [0.3, 0.4) is 0 Å². The lowest BCUT2D eigenvalue weighted by Crippen LogP contribution is -2.44. The van der Waals surface area contributed by atoms with E-state index in [0.717, 1.165) is 32.4 Å². The summed E-state index contributed by atoms with van der Waals surface area (Å²) in [4.78, 5) is 32.6. The van der Waals surface area contributed by atoms with Crippen LogP contribution in [-0.4, -0.2) is 45.9 Å². The fraction of sp³-hybridized carbons (Fsp3) is 0.450. The van der Waals surface area contributed by atoms with Crippen LogP contribution in [0.5, 0.6) is 0 Å². The number of nitrogens with zero attached hydrogens (tertiary/aromatic N) is 3. The zero-order valence-electron chi connectivity index (χ0n) is 15.4. The molecule has 1 spiro atoms. The molecule has 2 aliphatic rings. The standard InChI is InChI=1S/C20H24N4O2S/c1-15(25)24(13-16-4-10-27-14-16)18-11-20(18)5-8-23(9-6-20)19(26)22-17-3-2-7-21-12-17/h2-4,7,10,12,14,18H,5-6,8-9,11,13H2,1H3,(H,22,26)/t18-/m0/s1. The van der Waals surface area contributed by atoms with Crippen LogP contribution in [0.4, 0.5) is 10.5 Å². The van der Waals surface area contributed by atoms with Crippen LogP contribution < -0.4 is 5.32 Å². The second-order valence-corrected chi connectivity index (χ2v) is 8.30. The first-order valence-electron chi connectivity index (χ1n) is 9.32. The van der Waals surface area contributed by atoms with Crippen molar-refractivity contribution in [3.63, 3.8) is 0 Å². The monoisotopic (exact) mass is 384 g/mol. The van der Waals surface area contributed by atoms with Crippen LogP contribution in [0.15, 0.2) is 41.4 Å². The number of aromatic nitrogens is 1. The summed E-state index contributed by atoms with van der Waals surface area (Å²) in [6.45, 7) is 3.81. The summed E-state index contributed by atoms with van der Waals surface area (Å²) in [7, 11) is 0. The molecule has 3 amide bonds. The van der Waals surface area contributed by atoms with Gasteiger partial charge < -0.3 is 15.1 Å². The second-order valence-electron chi connectivity index (χ2n) is 7.52. The Hall–Kier alpha value is -2.41. The molecular weight excluding hydrogens is 360 g/mol. The zero-order valence-corrected chi connectivity index (χ0v) is 16.2. The Bertz CT molecular complexity index is 801. The predicted octanol–water partition coefficient (Wildman–Crippen LogP) is 3.58. The molecule has 7 heteroatoms. The largest absolute Gasteiger partial charge is 0.335 e. The van der Waals surface area contributed by atoms with E-state index in [4.69, 9.17) is 0 Å². The van der Waals surface area contributed by atoms with Gasteiger partial charge in [-0.25, -0.2) is 4.79 Å². The van der Waals surface area contributed by atoms with E-state index in [9.17, 15) is 9.59 Å². The molecule has 1 atom stereocenters. The second kappa shape index (κ2) is 7.31. The smallest absolute Gasteiger partial charge is 0.321 e.